The normalized spacial score (nSPS) is 46.0. The van der Waals surface area contributed by atoms with Crippen molar-refractivity contribution >= 4 is 11.8 Å². The van der Waals surface area contributed by atoms with Crippen LogP contribution in [0.3, 0.4) is 0 Å². The van der Waals surface area contributed by atoms with E-state index in [4.69, 9.17) is 29.4 Å². The predicted octanol–water partition coefficient (Wildman–Crippen LogP) is -7.32. The van der Waals surface area contributed by atoms with Crippen LogP contribution in [0.4, 0.5) is 0 Å². The number of aliphatic hydroxyl groups is 8. The second-order valence-corrected chi connectivity index (χ2v) is 9.89. The fourth-order valence-corrected chi connectivity index (χ4v) is 4.92. The molecule has 0 aromatic carbocycles. The van der Waals surface area contributed by atoms with Gasteiger partial charge in [-0.1, -0.05) is 0 Å². The van der Waals surface area contributed by atoms with E-state index in [1.54, 1.807) is 0 Å². The number of hydrogen-bond acceptors (Lipinski definition) is 16. The summed E-state index contributed by atoms with van der Waals surface area (Å²) in [5, 5.41) is 86.5. The van der Waals surface area contributed by atoms with Gasteiger partial charge in [-0.3, -0.25) is 9.59 Å². The zero-order chi connectivity index (χ0) is 29.9. The molecule has 12 N–H and O–H groups in total. The second kappa shape index (κ2) is 14.0. The van der Waals surface area contributed by atoms with E-state index in [1.165, 1.54) is 0 Å². The molecule has 0 spiro atoms. The summed E-state index contributed by atoms with van der Waals surface area (Å²) >= 11 is 0. The molecule has 0 aromatic rings. The SMILES string of the molecule is CC(=O)N[C@@H]1[C@@H](O)[C@H](O[C@@H]2O[C@H](CO)[C@@H](O[C@@H]3O[C@H](CO)[C@@H](O)[C@H](O)[C@H]3N)[C@H](O)[C@H]2NC(C)=O)[C@@H](CO)O[C@H]1O. The van der Waals surface area contributed by atoms with Gasteiger partial charge in [0.05, 0.1) is 25.9 Å². The molecule has 2 amide bonds. The summed E-state index contributed by atoms with van der Waals surface area (Å²) in [4.78, 5) is 23.6. The Hall–Kier alpha value is -1.62. The molecular formula is C22H39N3O15. The van der Waals surface area contributed by atoms with Crippen molar-refractivity contribution in [2.75, 3.05) is 19.8 Å². The molecule has 3 heterocycles. The van der Waals surface area contributed by atoms with Crippen molar-refractivity contribution < 1.29 is 74.1 Å². The molecule has 0 unspecified atom stereocenters. The number of nitrogens with one attached hydrogen (secondary N) is 2. The van der Waals surface area contributed by atoms with Crippen LogP contribution in [0.15, 0.2) is 0 Å². The third kappa shape index (κ3) is 7.05. The first kappa shape index (κ1) is 32.9. The van der Waals surface area contributed by atoms with E-state index in [1.807, 2.05) is 0 Å². The monoisotopic (exact) mass is 585 g/mol. The highest BCUT2D eigenvalue weighted by Gasteiger charge is 2.53. The Morgan fingerprint density at radius 3 is 1.65 bits per heavy atom. The highest BCUT2D eigenvalue weighted by atomic mass is 16.7. The molecule has 0 aromatic heterocycles. The largest absolute Gasteiger partial charge is 0.394 e. The lowest BCUT2D eigenvalue weighted by Crippen LogP contribution is -2.70. The van der Waals surface area contributed by atoms with Crippen LogP contribution in [0, 0.1) is 0 Å². The minimum atomic E-state index is -1.71. The highest BCUT2D eigenvalue weighted by Crippen LogP contribution is 2.32. The minimum absolute atomic E-state index is 0.613. The topological polar surface area (TPSA) is 292 Å². The van der Waals surface area contributed by atoms with Crippen molar-refractivity contribution in [2.45, 2.75) is 106 Å². The van der Waals surface area contributed by atoms with Gasteiger partial charge >= 0.3 is 0 Å². The second-order valence-electron chi connectivity index (χ2n) is 9.89. The van der Waals surface area contributed by atoms with E-state index >= 15 is 0 Å². The van der Waals surface area contributed by atoms with Gasteiger partial charge in [0, 0.05) is 13.8 Å². The van der Waals surface area contributed by atoms with Gasteiger partial charge in [-0.25, -0.2) is 0 Å². The van der Waals surface area contributed by atoms with Crippen molar-refractivity contribution in [3.63, 3.8) is 0 Å². The Morgan fingerprint density at radius 2 is 1.12 bits per heavy atom. The summed E-state index contributed by atoms with van der Waals surface area (Å²) in [6.07, 6.45) is -18.3. The molecule has 0 radical (unpaired) electrons. The van der Waals surface area contributed by atoms with E-state index in [2.05, 4.69) is 10.6 Å². The highest BCUT2D eigenvalue weighted by molar-refractivity contribution is 5.73. The van der Waals surface area contributed by atoms with E-state index in [-0.39, 0.29) is 0 Å². The number of hydrogen-bond donors (Lipinski definition) is 11. The third-order valence-corrected chi connectivity index (χ3v) is 6.98. The van der Waals surface area contributed by atoms with Crippen LogP contribution in [0.25, 0.3) is 0 Å². The molecule has 15 atom stereocenters. The number of amides is 2. The van der Waals surface area contributed by atoms with Crippen LogP contribution in [0.5, 0.6) is 0 Å². The zero-order valence-electron chi connectivity index (χ0n) is 21.8. The van der Waals surface area contributed by atoms with Crippen molar-refractivity contribution in [1.29, 1.82) is 0 Å². The molecule has 18 heteroatoms. The summed E-state index contributed by atoms with van der Waals surface area (Å²) in [6, 6.07) is -4.17. The van der Waals surface area contributed by atoms with Gasteiger partial charge in [-0.05, 0) is 0 Å². The van der Waals surface area contributed by atoms with Crippen molar-refractivity contribution in [2.24, 2.45) is 5.73 Å². The minimum Gasteiger partial charge on any atom is -0.394 e. The van der Waals surface area contributed by atoms with Crippen LogP contribution < -0.4 is 16.4 Å². The average molecular weight is 586 g/mol. The predicted molar refractivity (Wildman–Crippen MR) is 126 cm³/mol. The first-order chi connectivity index (χ1) is 18.8. The lowest BCUT2D eigenvalue weighted by atomic mass is 9.94. The first-order valence-corrected chi connectivity index (χ1v) is 12.6. The molecule has 3 aliphatic rings. The number of rotatable bonds is 9. The van der Waals surface area contributed by atoms with Crippen LogP contribution in [-0.4, -0.2) is 164 Å². The maximum atomic E-state index is 12.0. The van der Waals surface area contributed by atoms with Gasteiger partial charge in [0.2, 0.25) is 11.8 Å². The van der Waals surface area contributed by atoms with Crippen LogP contribution in [0.2, 0.25) is 0 Å². The summed E-state index contributed by atoms with van der Waals surface area (Å²) in [5.41, 5.74) is 5.91. The van der Waals surface area contributed by atoms with Crippen molar-refractivity contribution in [3.05, 3.63) is 0 Å². The lowest BCUT2D eigenvalue weighted by molar-refractivity contribution is -0.350. The number of aliphatic hydroxyl groups excluding tert-OH is 8. The molecule has 3 saturated heterocycles. The molecule has 3 rings (SSSR count). The van der Waals surface area contributed by atoms with E-state index in [0.717, 1.165) is 13.8 Å². The average Bonchev–Trinajstić information content (AvgIpc) is 2.90. The molecule has 232 valence electrons. The molecule has 3 aliphatic heterocycles. The Kier molecular flexibility index (Phi) is 11.5. The van der Waals surface area contributed by atoms with Crippen LogP contribution >= 0.6 is 0 Å². The summed E-state index contributed by atoms with van der Waals surface area (Å²) < 4.78 is 28.0. The van der Waals surface area contributed by atoms with E-state index in [9.17, 15) is 50.4 Å². The summed E-state index contributed by atoms with van der Waals surface area (Å²) in [7, 11) is 0. The molecule has 0 saturated carbocycles. The lowest BCUT2D eigenvalue weighted by Gasteiger charge is -2.49. The van der Waals surface area contributed by atoms with Crippen LogP contribution in [0.1, 0.15) is 13.8 Å². The molecule has 18 nitrogen and oxygen atoms in total. The summed E-state index contributed by atoms with van der Waals surface area (Å²) in [6.45, 7) is 0.0225. The van der Waals surface area contributed by atoms with Gasteiger partial charge in [0.1, 0.15) is 67.0 Å². The number of nitrogens with two attached hydrogens (primary N) is 1. The maximum absolute atomic E-state index is 12.0. The van der Waals surface area contributed by atoms with Crippen molar-refractivity contribution in [1.82, 2.24) is 10.6 Å². The van der Waals surface area contributed by atoms with Gasteiger partial charge in [0.25, 0.3) is 0 Å². The number of carbonyl (C=O) groups excluding carboxylic acids is 2. The van der Waals surface area contributed by atoms with Gasteiger partial charge < -0.3 is 80.9 Å². The molecule has 0 bridgehead atoms. The summed E-state index contributed by atoms with van der Waals surface area (Å²) in [5.74, 6) is -1.27. The molecule has 0 aliphatic carbocycles. The Balaban J connectivity index is 1.85. The first-order valence-electron chi connectivity index (χ1n) is 12.6. The maximum Gasteiger partial charge on any atom is 0.217 e. The molecular weight excluding hydrogens is 546 g/mol. The van der Waals surface area contributed by atoms with Gasteiger partial charge in [0.15, 0.2) is 18.9 Å². The van der Waals surface area contributed by atoms with Gasteiger partial charge in [-0.15, -0.1) is 0 Å². The fourth-order valence-electron chi connectivity index (χ4n) is 4.92. The fraction of sp³-hybridized carbons (Fsp3) is 0.909. The van der Waals surface area contributed by atoms with Gasteiger partial charge in [-0.2, -0.15) is 0 Å². The van der Waals surface area contributed by atoms with E-state index < -0.39 is 124 Å². The third-order valence-electron chi connectivity index (χ3n) is 6.98. The Morgan fingerprint density at radius 1 is 0.675 bits per heavy atom. The smallest absolute Gasteiger partial charge is 0.217 e. The number of ether oxygens (including phenoxy) is 5. The molecule has 40 heavy (non-hydrogen) atoms. The van der Waals surface area contributed by atoms with E-state index in [0.29, 0.717) is 0 Å². The quantitative estimate of drug-likeness (QED) is 0.120. The Bertz CT molecular complexity index is 854. The Labute approximate surface area is 228 Å². The van der Waals surface area contributed by atoms with Crippen molar-refractivity contribution in [3.8, 4) is 0 Å². The zero-order valence-corrected chi connectivity index (χ0v) is 21.8. The standard InChI is InChI=1S/C22H39N3O15/c1-6(29)24-12-16(33)18(9(4-27)36-20(12)35)40-22-13(25-7(2)30)17(34)19(10(5-28)38-22)39-21-11(23)15(32)14(31)8(3-26)37-21/h8-22,26-28,31-35H,3-5,23H2,1-2H3,(H,24,29)(H,25,30)/t8-,9-,10-,11-,12-,13-,14-,15-,16-,17-,18-,19-,20-,21+,22+/m1/s1. The van der Waals surface area contributed by atoms with Crippen LogP contribution in [-0.2, 0) is 33.3 Å². The molecule has 3 fully saturated rings. The number of carbonyl (C=O) groups is 2.